The number of nitriles is 1. The van der Waals surface area contributed by atoms with Crippen LogP contribution in [0.25, 0.3) is 21.6 Å². The molecule has 0 unspecified atom stereocenters. The van der Waals surface area contributed by atoms with Gasteiger partial charge in [0.05, 0.1) is 39.4 Å². The van der Waals surface area contributed by atoms with Crippen LogP contribution in [0.1, 0.15) is 35.8 Å². The van der Waals surface area contributed by atoms with Crippen molar-refractivity contribution in [2.24, 2.45) is 0 Å². The summed E-state index contributed by atoms with van der Waals surface area (Å²) in [5.41, 5.74) is 2.98. The fourth-order valence-corrected chi connectivity index (χ4v) is 3.69. The number of benzene rings is 1. The van der Waals surface area contributed by atoms with E-state index in [-0.39, 0.29) is 11.9 Å². The lowest BCUT2D eigenvalue weighted by atomic mass is 10.1. The van der Waals surface area contributed by atoms with E-state index in [4.69, 9.17) is 10.2 Å². The lowest BCUT2D eigenvalue weighted by Crippen LogP contribution is -2.13. The van der Waals surface area contributed by atoms with E-state index in [0.717, 1.165) is 10.6 Å². The minimum absolute atomic E-state index is 0.117. The molecule has 28 heavy (non-hydrogen) atoms. The number of hydrogen-bond acceptors (Lipinski definition) is 5. The van der Waals surface area contributed by atoms with Gasteiger partial charge in [0, 0.05) is 11.7 Å². The van der Waals surface area contributed by atoms with Crippen molar-refractivity contribution in [1.29, 1.82) is 5.26 Å². The summed E-state index contributed by atoms with van der Waals surface area (Å²) in [6, 6.07) is 14.8. The van der Waals surface area contributed by atoms with Crippen molar-refractivity contribution in [1.82, 2.24) is 14.8 Å². The molecular weight excluding hydrogens is 370 g/mol. The molecule has 3 heterocycles. The maximum absolute atomic E-state index is 13.1. The summed E-state index contributed by atoms with van der Waals surface area (Å²) in [5.74, 6) is -0.261. The van der Waals surface area contributed by atoms with Gasteiger partial charge >= 0.3 is 0 Å². The van der Waals surface area contributed by atoms with E-state index in [1.807, 2.05) is 36.0 Å². The number of carbonyl (C=O) groups excluding carboxylic acids is 1. The van der Waals surface area contributed by atoms with Gasteiger partial charge in [0.1, 0.15) is 0 Å². The van der Waals surface area contributed by atoms with Crippen LogP contribution in [0.2, 0.25) is 0 Å². The number of anilines is 1. The van der Waals surface area contributed by atoms with Crippen LogP contribution in [0.4, 0.5) is 5.69 Å². The summed E-state index contributed by atoms with van der Waals surface area (Å²) in [5, 5.41) is 19.1. The first-order valence-corrected chi connectivity index (χ1v) is 9.68. The number of rotatable bonds is 4. The summed E-state index contributed by atoms with van der Waals surface area (Å²) < 4.78 is 1.82. The SMILES string of the molecule is CC(C)n1ncc2c(C(=O)Nc3cccc(C#N)c3)cc(-c3cccs3)nc21. The molecule has 0 aliphatic heterocycles. The Balaban J connectivity index is 1.82. The molecule has 0 aliphatic carbocycles. The van der Waals surface area contributed by atoms with Crippen molar-refractivity contribution in [3.8, 4) is 16.6 Å². The van der Waals surface area contributed by atoms with Crippen molar-refractivity contribution in [3.05, 3.63) is 65.2 Å². The molecule has 0 saturated heterocycles. The molecule has 7 heteroatoms. The predicted molar refractivity (Wildman–Crippen MR) is 110 cm³/mol. The van der Waals surface area contributed by atoms with Crippen LogP contribution in [0, 0.1) is 11.3 Å². The second kappa shape index (κ2) is 7.25. The van der Waals surface area contributed by atoms with Gasteiger partial charge in [-0.05, 0) is 49.6 Å². The van der Waals surface area contributed by atoms with E-state index < -0.39 is 0 Å². The second-order valence-corrected chi connectivity index (χ2v) is 7.55. The van der Waals surface area contributed by atoms with Crippen molar-refractivity contribution in [3.63, 3.8) is 0 Å². The highest BCUT2D eigenvalue weighted by Gasteiger charge is 2.19. The predicted octanol–water partition coefficient (Wildman–Crippen LogP) is 4.86. The third kappa shape index (κ3) is 3.26. The number of hydrogen-bond donors (Lipinski definition) is 1. The Morgan fingerprint density at radius 2 is 2.11 bits per heavy atom. The molecule has 0 bridgehead atoms. The molecule has 0 atom stereocenters. The van der Waals surface area contributed by atoms with Crippen molar-refractivity contribution >= 4 is 34.0 Å². The zero-order valence-electron chi connectivity index (χ0n) is 15.4. The van der Waals surface area contributed by atoms with Crippen LogP contribution >= 0.6 is 11.3 Å². The minimum Gasteiger partial charge on any atom is -0.322 e. The van der Waals surface area contributed by atoms with Crippen LogP contribution in [0.15, 0.2) is 54.0 Å². The molecule has 4 aromatic rings. The third-order valence-electron chi connectivity index (χ3n) is 4.32. The smallest absolute Gasteiger partial charge is 0.256 e. The zero-order valence-corrected chi connectivity index (χ0v) is 16.2. The normalized spacial score (nSPS) is 10.9. The Bertz CT molecular complexity index is 1200. The van der Waals surface area contributed by atoms with E-state index >= 15 is 0 Å². The lowest BCUT2D eigenvalue weighted by Gasteiger charge is -2.10. The first-order chi connectivity index (χ1) is 13.6. The third-order valence-corrected chi connectivity index (χ3v) is 5.22. The molecular formula is C21H17N5OS. The van der Waals surface area contributed by atoms with Gasteiger partial charge in [-0.3, -0.25) is 4.79 Å². The highest BCUT2D eigenvalue weighted by atomic mass is 32.1. The summed E-state index contributed by atoms with van der Waals surface area (Å²) >= 11 is 1.57. The highest BCUT2D eigenvalue weighted by Crippen LogP contribution is 2.29. The number of amides is 1. The van der Waals surface area contributed by atoms with E-state index in [9.17, 15) is 4.79 Å². The number of fused-ring (bicyclic) bond motifs is 1. The Hall–Kier alpha value is -3.50. The van der Waals surface area contributed by atoms with Crippen LogP contribution < -0.4 is 5.32 Å². The number of carbonyl (C=O) groups is 1. The van der Waals surface area contributed by atoms with Gasteiger partial charge < -0.3 is 5.32 Å². The molecule has 0 aliphatic rings. The minimum atomic E-state index is -0.261. The molecule has 3 aromatic heterocycles. The number of pyridine rings is 1. The first kappa shape index (κ1) is 17.9. The van der Waals surface area contributed by atoms with Gasteiger partial charge in [-0.25, -0.2) is 9.67 Å². The highest BCUT2D eigenvalue weighted by molar-refractivity contribution is 7.13. The Morgan fingerprint density at radius 3 is 2.82 bits per heavy atom. The average molecular weight is 387 g/mol. The number of thiophene rings is 1. The number of nitrogens with one attached hydrogen (secondary N) is 1. The fraction of sp³-hybridized carbons (Fsp3) is 0.143. The molecule has 0 saturated carbocycles. The molecule has 4 rings (SSSR count). The zero-order chi connectivity index (χ0) is 19.7. The van der Waals surface area contributed by atoms with E-state index in [0.29, 0.717) is 27.8 Å². The van der Waals surface area contributed by atoms with Crippen LogP contribution in [-0.2, 0) is 0 Å². The molecule has 138 valence electrons. The fourth-order valence-electron chi connectivity index (χ4n) is 3.00. The van der Waals surface area contributed by atoms with Crippen molar-refractivity contribution in [2.75, 3.05) is 5.32 Å². The van der Waals surface area contributed by atoms with Gasteiger partial charge in [0.2, 0.25) is 0 Å². The van der Waals surface area contributed by atoms with E-state index in [1.54, 1.807) is 47.9 Å². The van der Waals surface area contributed by atoms with E-state index in [1.165, 1.54) is 0 Å². The van der Waals surface area contributed by atoms with Crippen molar-refractivity contribution < 1.29 is 4.79 Å². The van der Waals surface area contributed by atoms with Gasteiger partial charge in [0.25, 0.3) is 5.91 Å². The van der Waals surface area contributed by atoms with Crippen LogP contribution in [0.3, 0.4) is 0 Å². The molecule has 0 radical (unpaired) electrons. The maximum atomic E-state index is 13.1. The van der Waals surface area contributed by atoms with E-state index in [2.05, 4.69) is 16.5 Å². The maximum Gasteiger partial charge on any atom is 0.256 e. The van der Waals surface area contributed by atoms with Gasteiger partial charge in [-0.2, -0.15) is 10.4 Å². The molecule has 1 aromatic carbocycles. The van der Waals surface area contributed by atoms with Gasteiger partial charge in [-0.15, -0.1) is 11.3 Å². The Labute approximate surface area is 166 Å². The molecule has 0 fully saturated rings. The summed E-state index contributed by atoms with van der Waals surface area (Å²) in [7, 11) is 0. The lowest BCUT2D eigenvalue weighted by molar-refractivity contribution is 0.102. The molecule has 1 amide bonds. The number of aromatic nitrogens is 3. The topological polar surface area (TPSA) is 83.6 Å². The summed E-state index contributed by atoms with van der Waals surface area (Å²) in [6.07, 6.45) is 1.68. The molecule has 0 spiro atoms. The summed E-state index contributed by atoms with van der Waals surface area (Å²) in [6.45, 7) is 4.05. The first-order valence-electron chi connectivity index (χ1n) is 8.80. The van der Waals surface area contributed by atoms with Gasteiger partial charge in [0.15, 0.2) is 5.65 Å². The van der Waals surface area contributed by atoms with Crippen LogP contribution in [0.5, 0.6) is 0 Å². The van der Waals surface area contributed by atoms with Gasteiger partial charge in [-0.1, -0.05) is 12.1 Å². The number of nitrogens with zero attached hydrogens (tertiary/aromatic N) is 4. The second-order valence-electron chi connectivity index (χ2n) is 6.60. The van der Waals surface area contributed by atoms with Crippen LogP contribution in [-0.4, -0.2) is 20.7 Å². The Kier molecular flexibility index (Phi) is 4.63. The Morgan fingerprint density at radius 1 is 1.25 bits per heavy atom. The molecule has 6 nitrogen and oxygen atoms in total. The standard InChI is InChI=1S/C21H17N5OS/c1-13(2)26-20-17(12-23-26)16(10-18(25-20)19-7-4-8-28-19)21(27)24-15-6-3-5-14(9-15)11-22/h3-10,12-13H,1-2H3,(H,24,27). The quantitative estimate of drug-likeness (QED) is 0.542. The largest absolute Gasteiger partial charge is 0.322 e. The summed E-state index contributed by atoms with van der Waals surface area (Å²) in [4.78, 5) is 18.8. The molecule has 1 N–H and O–H groups in total. The average Bonchev–Trinajstić information content (AvgIpc) is 3.37. The van der Waals surface area contributed by atoms with Crippen molar-refractivity contribution in [2.45, 2.75) is 19.9 Å². The monoisotopic (exact) mass is 387 g/mol.